The third kappa shape index (κ3) is 4.04. The minimum absolute atomic E-state index is 0.00476. The maximum Gasteiger partial charge on any atom is 0.317 e. The number of hydrogen-bond donors (Lipinski definition) is 2. The zero-order chi connectivity index (χ0) is 19.0. The van der Waals surface area contributed by atoms with Gasteiger partial charge < -0.3 is 20.1 Å². The van der Waals surface area contributed by atoms with Crippen molar-refractivity contribution in [3.8, 4) is 5.75 Å². The molecule has 0 spiro atoms. The number of ether oxygens (including phenoxy) is 1. The molecule has 2 aromatic heterocycles. The lowest BCUT2D eigenvalue weighted by Crippen LogP contribution is -2.60. The van der Waals surface area contributed by atoms with Gasteiger partial charge in [0.2, 0.25) is 0 Å². The smallest absolute Gasteiger partial charge is 0.317 e. The molecule has 7 heteroatoms. The molecule has 6 nitrogen and oxygen atoms in total. The van der Waals surface area contributed by atoms with Crippen molar-refractivity contribution in [1.82, 2.24) is 15.2 Å². The molecule has 2 N–H and O–H groups in total. The summed E-state index contributed by atoms with van der Waals surface area (Å²) in [6.45, 7) is 4.97. The lowest BCUT2D eigenvalue weighted by Gasteiger charge is -2.41. The molecule has 0 radical (unpaired) electrons. The number of urea groups is 1. The molecule has 1 saturated carbocycles. The Balaban J connectivity index is 1.22. The van der Waals surface area contributed by atoms with E-state index in [0.717, 1.165) is 41.6 Å². The number of amides is 2. The summed E-state index contributed by atoms with van der Waals surface area (Å²) in [5, 5.41) is 15.3. The van der Waals surface area contributed by atoms with Gasteiger partial charge in [0.15, 0.2) is 5.75 Å². The molecule has 1 aliphatic carbocycles. The van der Waals surface area contributed by atoms with Gasteiger partial charge in [-0.1, -0.05) is 0 Å². The standard InChI is InChI=1S/C20H27N3O3S/c1-20(2,25)13-5-7-14(8-6-13)22-19(24)23-10-15(11-23)26-16-12-27-17-4-3-9-21-18(16)17/h3-4,9,12-15,25H,5-8,10-11H2,1-2H3,(H,22,24). The van der Waals surface area contributed by atoms with Crippen LogP contribution in [0.25, 0.3) is 10.2 Å². The molecule has 2 aromatic rings. The van der Waals surface area contributed by atoms with Crippen molar-refractivity contribution in [2.45, 2.75) is 57.3 Å². The van der Waals surface area contributed by atoms with Gasteiger partial charge in [0.25, 0.3) is 0 Å². The molecule has 0 unspecified atom stereocenters. The third-order valence-corrected chi connectivity index (χ3v) is 6.70. The van der Waals surface area contributed by atoms with Crippen LogP contribution >= 0.6 is 11.3 Å². The van der Waals surface area contributed by atoms with E-state index in [-0.39, 0.29) is 18.2 Å². The van der Waals surface area contributed by atoms with Crippen molar-refractivity contribution >= 4 is 27.6 Å². The first-order chi connectivity index (χ1) is 12.9. The SMILES string of the molecule is CC(C)(O)C1CCC(NC(=O)N2CC(Oc3csc4cccnc34)C2)CC1. The molecule has 1 aliphatic heterocycles. The average Bonchev–Trinajstić information content (AvgIpc) is 3.00. The quantitative estimate of drug-likeness (QED) is 0.840. The molecule has 27 heavy (non-hydrogen) atoms. The van der Waals surface area contributed by atoms with Crippen LogP contribution in [0.15, 0.2) is 23.7 Å². The monoisotopic (exact) mass is 389 g/mol. The Bertz CT molecular complexity index is 802. The number of hydrogen-bond acceptors (Lipinski definition) is 5. The Labute approximate surface area is 163 Å². The van der Waals surface area contributed by atoms with Crippen LogP contribution in [0.5, 0.6) is 5.75 Å². The fraction of sp³-hybridized carbons (Fsp3) is 0.600. The second kappa shape index (κ2) is 7.28. The first-order valence-electron chi connectivity index (χ1n) is 9.67. The predicted octanol–water partition coefficient (Wildman–Crippen LogP) is 3.40. The zero-order valence-electron chi connectivity index (χ0n) is 15.9. The van der Waals surface area contributed by atoms with Gasteiger partial charge in [0.1, 0.15) is 11.6 Å². The van der Waals surface area contributed by atoms with E-state index in [9.17, 15) is 9.90 Å². The lowest BCUT2D eigenvalue weighted by molar-refractivity contribution is -0.00325. The summed E-state index contributed by atoms with van der Waals surface area (Å²) in [5.41, 5.74) is 0.270. The summed E-state index contributed by atoms with van der Waals surface area (Å²) in [6.07, 6.45) is 5.58. The molecule has 1 saturated heterocycles. The summed E-state index contributed by atoms with van der Waals surface area (Å²) in [7, 11) is 0. The Kier molecular flexibility index (Phi) is 4.99. The molecule has 2 aliphatic rings. The van der Waals surface area contributed by atoms with Crippen molar-refractivity contribution in [3.05, 3.63) is 23.7 Å². The van der Waals surface area contributed by atoms with E-state index in [1.54, 1.807) is 22.4 Å². The number of fused-ring (bicyclic) bond motifs is 1. The van der Waals surface area contributed by atoms with Crippen LogP contribution in [0.1, 0.15) is 39.5 Å². The number of aromatic nitrogens is 1. The normalized spacial score (nSPS) is 23.9. The van der Waals surface area contributed by atoms with Gasteiger partial charge in [-0.25, -0.2) is 4.79 Å². The maximum absolute atomic E-state index is 12.4. The number of nitrogens with one attached hydrogen (secondary N) is 1. The molecule has 0 aromatic carbocycles. The molecule has 146 valence electrons. The molecular weight excluding hydrogens is 362 g/mol. The number of aliphatic hydroxyl groups is 1. The highest BCUT2D eigenvalue weighted by Gasteiger charge is 2.36. The van der Waals surface area contributed by atoms with Crippen LogP contribution in [0.2, 0.25) is 0 Å². The molecular formula is C20H27N3O3S. The van der Waals surface area contributed by atoms with Crippen LogP contribution < -0.4 is 10.1 Å². The van der Waals surface area contributed by atoms with Crippen LogP contribution in [0, 0.1) is 5.92 Å². The Morgan fingerprint density at radius 3 is 2.78 bits per heavy atom. The minimum Gasteiger partial charge on any atom is -0.484 e. The predicted molar refractivity (Wildman–Crippen MR) is 106 cm³/mol. The number of thiophene rings is 1. The highest BCUT2D eigenvalue weighted by atomic mass is 32.1. The van der Waals surface area contributed by atoms with Gasteiger partial charge in [-0.2, -0.15) is 0 Å². The van der Waals surface area contributed by atoms with E-state index in [1.807, 2.05) is 31.4 Å². The van der Waals surface area contributed by atoms with Gasteiger partial charge in [0, 0.05) is 17.6 Å². The Hall–Kier alpha value is -1.86. The second-order valence-corrected chi connectivity index (χ2v) is 9.16. The molecule has 2 fully saturated rings. The first kappa shape index (κ1) is 18.5. The van der Waals surface area contributed by atoms with Crippen molar-refractivity contribution in [1.29, 1.82) is 0 Å². The van der Waals surface area contributed by atoms with E-state index >= 15 is 0 Å². The van der Waals surface area contributed by atoms with Crippen molar-refractivity contribution in [3.63, 3.8) is 0 Å². The maximum atomic E-state index is 12.4. The Morgan fingerprint density at radius 1 is 1.33 bits per heavy atom. The minimum atomic E-state index is -0.627. The summed E-state index contributed by atoms with van der Waals surface area (Å²) in [5.74, 6) is 1.13. The van der Waals surface area contributed by atoms with E-state index in [1.165, 1.54) is 0 Å². The summed E-state index contributed by atoms with van der Waals surface area (Å²) < 4.78 is 7.14. The van der Waals surface area contributed by atoms with E-state index in [0.29, 0.717) is 19.0 Å². The lowest BCUT2D eigenvalue weighted by atomic mass is 9.77. The summed E-state index contributed by atoms with van der Waals surface area (Å²) >= 11 is 1.62. The fourth-order valence-corrected chi connectivity index (χ4v) is 4.82. The molecule has 3 heterocycles. The number of carbonyl (C=O) groups is 1. The number of rotatable bonds is 4. The van der Waals surface area contributed by atoms with Crippen LogP contribution in [-0.4, -0.2) is 51.9 Å². The van der Waals surface area contributed by atoms with Crippen molar-refractivity contribution < 1.29 is 14.6 Å². The third-order valence-electron chi connectivity index (χ3n) is 5.78. The largest absolute Gasteiger partial charge is 0.484 e. The summed E-state index contributed by atoms with van der Waals surface area (Å²) in [6, 6.07) is 4.16. The highest BCUT2D eigenvalue weighted by Crippen LogP contribution is 2.33. The molecule has 4 rings (SSSR count). The Morgan fingerprint density at radius 2 is 2.07 bits per heavy atom. The summed E-state index contributed by atoms with van der Waals surface area (Å²) in [4.78, 5) is 18.6. The van der Waals surface area contributed by atoms with Gasteiger partial charge in [-0.15, -0.1) is 11.3 Å². The van der Waals surface area contributed by atoms with E-state index in [2.05, 4.69) is 10.3 Å². The first-order valence-corrected chi connectivity index (χ1v) is 10.5. The number of nitrogens with zero attached hydrogens (tertiary/aromatic N) is 2. The van der Waals surface area contributed by atoms with E-state index < -0.39 is 5.60 Å². The zero-order valence-corrected chi connectivity index (χ0v) is 16.7. The van der Waals surface area contributed by atoms with Crippen LogP contribution in [0.4, 0.5) is 4.79 Å². The molecule has 2 amide bonds. The number of pyridine rings is 1. The second-order valence-electron chi connectivity index (χ2n) is 8.25. The number of carbonyl (C=O) groups excluding carboxylic acids is 1. The topological polar surface area (TPSA) is 74.7 Å². The van der Waals surface area contributed by atoms with Gasteiger partial charge in [-0.05, 0) is 57.6 Å². The molecule has 0 bridgehead atoms. The van der Waals surface area contributed by atoms with Crippen molar-refractivity contribution in [2.75, 3.05) is 13.1 Å². The van der Waals surface area contributed by atoms with Crippen LogP contribution in [-0.2, 0) is 0 Å². The fourth-order valence-electron chi connectivity index (χ4n) is 4.00. The van der Waals surface area contributed by atoms with E-state index in [4.69, 9.17) is 4.74 Å². The van der Waals surface area contributed by atoms with Crippen molar-refractivity contribution in [2.24, 2.45) is 5.92 Å². The average molecular weight is 390 g/mol. The highest BCUT2D eigenvalue weighted by molar-refractivity contribution is 7.17. The number of likely N-dealkylation sites (tertiary alicyclic amines) is 1. The van der Waals surface area contributed by atoms with Gasteiger partial charge in [0.05, 0.1) is 23.4 Å². The van der Waals surface area contributed by atoms with Gasteiger partial charge >= 0.3 is 6.03 Å². The molecule has 0 atom stereocenters. The van der Waals surface area contributed by atoms with Gasteiger partial charge in [-0.3, -0.25) is 4.98 Å². The van der Waals surface area contributed by atoms with Crippen LogP contribution in [0.3, 0.4) is 0 Å².